The van der Waals surface area contributed by atoms with Gasteiger partial charge in [-0.3, -0.25) is 0 Å². The molecule has 0 saturated heterocycles. The second-order valence-corrected chi connectivity index (χ2v) is 7.88. The van der Waals surface area contributed by atoms with E-state index in [0.717, 1.165) is 6.42 Å². The number of hydrazone groups is 1. The summed E-state index contributed by atoms with van der Waals surface area (Å²) in [6, 6.07) is 8.89. The molecule has 0 aliphatic rings. The maximum absolute atomic E-state index is 12.1. The third-order valence-electron chi connectivity index (χ3n) is 2.98. The van der Waals surface area contributed by atoms with Crippen molar-refractivity contribution in [1.82, 2.24) is 4.83 Å². The van der Waals surface area contributed by atoms with Crippen LogP contribution in [0, 0.1) is 0 Å². The average Bonchev–Trinajstić information content (AvgIpc) is 2.54. The first kappa shape index (κ1) is 19.8. The number of benzene rings is 2. The van der Waals surface area contributed by atoms with E-state index in [1.54, 1.807) is 12.1 Å². The molecule has 1 N–H and O–H groups in total. The molecule has 2 aromatic carbocycles. The molecule has 0 radical (unpaired) electrons. The number of nitrogens with zero attached hydrogens (tertiary/aromatic N) is 1. The minimum Gasteiger partial charge on any atom is -0.490 e. The molecule has 0 unspecified atom stereocenters. The van der Waals surface area contributed by atoms with Crippen LogP contribution in [0.2, 0.25) is 15.1 Å². The number of rotatable bonds is 7. The molecular weight excluding hydrogens is 407 g/mol. The van der Waals surface area contributed by atoms with E-state index in [0.29, 0.717) is 33.0 Å². The van der Waals surface area contributed by atoms with E-state index in [2.05, 4.69) is 9.93 Å². The molecule has 134 valence electrons. The highest BCUT2D eigenvalue weighted by molar-refractivity contribution is 7.89. The Morgan fingerprint density at radius 3 is 2.28 bits per heavy atom. The highest BCUT2D eigenvalue weighted by atomic mass is 35.5. The van der Waals surface area contributed by atoms with E-state index in [4.69, 9.17) is 39.5 Å². The second kappa shape index (κ2) is 8.76. The van der Waals surface area contributed by atoms with Gasteiger partial charge in [0.15, 0.2) is 5.75 Å². The zero-order chi connectivity index (χ0) is 18.4. The van der Waals surface area contributed by atoms with Crippen molar-refractivity contribution in [2.75, 3.05) is 6.61 Å². The molecule has 0 bridgehead atoms. The number of halogens is 3. The molecule has 2 rings (SSSR count). The summed E-state index contributed by atoms with van der Waals surface area (Å²) in [7, 11) is -3.78. The summed E-state index contributed by atoms with van der Waals surface area (Å²) in [4.78, 5) is 2.16. The Morgan fingerprint density at radius 2 is 1.72 bits per heavy atom. The van der Waals surface area contributed by atoms with Crippen molar-refractivity contribution in [2.45, 2.75) is 18.2 Å². The lowest BCUT2D eigenvalue weighted by Gasteiger charge is -2.09. The van der Waals surface area contributed by atoms with Crippen LogP contribution in [0.5, 0.6) is 5.75 Å². The van der Waals surface area contributed by atoms with Crippen LogP contribution in [0.15, 0.2) is 46.4 Å². The van der Waals surface area contributed by atoms with Crippen molar-refractivity contribution in [2.24, 2.45) is 5.10 Å². The van der Waals surface area contributed by atoms with E-state index in [1.807, 2.05) is 6.92 Å². The van der Waals surface area contributed by atoms with Crippen LogP contribution in [0.4, 0.5) is 0 Å². The van der Waals surface area contributed by atoms with Gasteiger partial charge in [-0.1, -0.05) is 41.7 Å². The molecule has 0 saturated carbocycles. The highest BCUT2D eigenvalue weighted by Crippen LogP contribution is 2.33. The van der Waals surface area contributed by atoms with Crippen LogP contribution in [-0.2, 0) is 10.0 Å². The van der Waals surface area contributed by atoms with Gasteiger partial charge < -0.3 is 4.74 Å². The maximum Gasteiger partial charge on any atom is 0.276 e. The van der Waals surface area contributed by atoms with Gasteiger partial charge >= 0.3 is 0 Å². The molecule has 0 amide bonds. The van der Waals surface area contributed by atoms with Gasteiger partial charge in [0.2, 0.25) is 0 Å². The van der Waals surface area contributed by atoms with Crippen molar-refractivity contribution in [3.63, 3.8) is 0 Å². The predicted octanol–water partition coefficient (Wildman–Crippen LogP) is 4.75. The molecule has 2 aromatic rings. The summed E-state index contributed by atoms with van der Waals surface area (Å²) in [5, 5.41) is 4.82. The third kappa shape index (κ3) is 5.51. The first-order valence-corrected chi connectivity index (χ1v) is 9.87. The number of sulfonamides is 1. The Balaban J connectivity index is 2.12. The zero-order valence-corrected chi connectivity index (χ0v) is 16.3. The molecule has 0 spiro atoms. The summed E-state index contributed by atoms with van der Waals surface area (Å²) in [6.45, 7) is 2.46. The van der Waals surface area contributed by atoms with E-state index < -0.39 is 10.0 Å². The fourth-order valence-electron chi connectivity index (χ4n) is 1.83. The number of hydrogen-bond acceptors (Lipinski definition) is 4. The molecule has 5 nitrogen and oxygen atoms in total. The van der Waals surface area contributed by atoms with Crippen LogP contribution < -0.4 is 9.57 Å². The van der Waals surface area contributed by atoms with Gasteiger partial charge in [-0.05, 0) is 48.4 Å². The normalized spacial score (nSPS) is 11.7. The van der Waals surface area contributed by atoms with Crippen LogP contribution in [0.3, 0.4) is 0 Å². The Hall–Kier alpha value is -1.47. The Kier molecular flexibility index (Phi) is 6.95. The Bertz CT molecular complexity index is 846. The van der Waals surface area contributed by atoms with E-state index in [-0.39, 0.29) is 4.90 Å². The average molecular weight is 422 g/mol. The van der Waals surface area contributed by atoms with Gasteiger partial charge in [-0.2, -0.15) is 13.5 Å². The number of ether oxygens (including phenoxy) is 1. The fourth-order valence-corrected chi connectivity index (χ4v) is 3.36. The first-order chi connectivity index (χ1) is 11.8. The van der Waals surface area contributed by atoms with Crippen molar-refractivity contribution >= 4 is 51.0 Å². The van der Waals surface area contributed by atoms with E-state index in [1.165, 1.54) is 30.5 Å². The molecule has 0 aliphatic heterocycles. The van der Waals surface area contributed by atoms with E-state index >= 15 is 0 Å². The van der Waals surface area contributed by atoms with Gasteiger partial charge in [0, 0.05) is 5.02 Å². The largest absolute Gasteiger partial charge is 0.490 e. The summed E-state index contributed by atoms with van der Waals surface area (Å²) in [5.41, 5.74) is 0.526. The summed E-state index contributed by atoms with van der Waals surface area (Å²) < 4.78 is 29.7. The van der Waals surface area contributed by atoms with Crippen molar-refractivity contribution in [1.29, 1.82) is 0 Å². The topological polar surface area (TPSA) is 67.8 Å². The standard InChI is InChI=1S/C16H15Cl3N2O3S/c1-2-7-24-16-14(18)8-11(9-15(16)19)10-20-21-25(22,23)13-5-3-12(17)4-6-13/h3-6,8-10,21H,2,7H2,1H3/b20-10+. The smallest absolute Gasteiger partial charge is 0.276 e. The Morgan fingerprint density at radius 1 is 1.12 bits per heavy atom. The van der Waals surface area contributed by atoms with Crippen molar-refractivity contribution < 1.29 is 13.2 Å². The highest BCUT2D eigenvalue weighted by Gasteiger charge is 2.12. The number of nitrogens with one attached hydrogen (secondary N) is 1. The van der Waals surface area contributed by atoms with Crippen LogP contribution in [-0.4, -0.2) is 21.2 Å². The third-order valence-corrected chi connectivity index (χ3v) is 5.03. The molecular formula is C16H15Cl3N2O3S. The maximum atomic E-state index is 12.1. The first-order valence-electron chi connectivity index (χ1n) is 7.25. The molecule has 0 aromatic heterocycles. The lowest BCUT2D eigenvalue weighted by molar-refractivity contribution is 0.318. The number of hydrogen-bond donors (Lipinski definition) is 1. The fraction of sp³-hybridized carbons (Fsp3) is 0.188. The molecule has 9 heteroatoms. The summed E-state index contributed by atoms with van der Waals surface area (Å²) >= 11 is 18.0. The molecule has 0 atom stereocenters. The van der Waals surface area contributed by atoms with Crippen molar-refractivity contribution in [3.05, 3.63) is 57.0 Å². The predicted molar refractivity (Wildman–Crippen MR) is 102 cm³/mol. The van der Waals surface area contributed by atoms with Gasteiger partial charge in [0.1, 0.15) is 0 Å². The zero-order valence-electron chi connectivity index (χ0n) is 13.2. The summed E-state index contributed by atoms with van der Waals surface area (Å²) in [5.74, 6) is 0.393. The van der Waals surface area contributed by atoms with Gasteiger partial charge in [-0.15, -0.1) is 0 Å². The second-order valence-electron chi connectivity index (χ2n) is 4.97. The minimum atomic E-state index is -3.78. The van der Waals surface area contributed by atoms with Gasteiger partial charge in [0.05, 0.1) is 27.8 Å². The minimum absolute atomic E-state index is 0.0495. The van der Waals surface area contributed by atoms with Gasteiger partial charge in [-0.25, -0.2) is 4.83 Å². The SMILES string of the molecule is CCCOc1c(Cl)cc(/C=N/NS(=O)(=O)c2ccc(Cl)cc2)cc1Cl. The van der Waals surface area contributed by atoms with Crippen LogP contribution in [0.1, 0.15) is 18.9 Å². The lowest BCUT2D eigenvalue weighted by Crippen LogP contribution is -2.18. The van der Waals surface area contributed by atoms with Crippen LogP contribution >= 0.6 is 34.8 Å². The Labute approximate surface area is 161 Å². The molecule has 25 heavy (non-hydrogen) atoms. The molecule has 0 heterocycles. The van der Waals surface area contributed by atoms with Crippen molar-refractivity contribution in [3.8, 4) is 5.75 Å². The van der Waals surface area contributed by atoms with E-state index in [9.17, 15) is 8.42 Å². The molecule has 0 fully saturated rings. The molecule has 0 aliphatic carbocycles. The van der Waals surface area contributed by atoms with Gasteiger partial charge in [0.25, 0.3) is 10.0 Å². The quantitative estimate of drug-likeness (QED) is 0.518. The summed E-state index contributed by atoms with van der Waals surface area (Å²) in [6.07, 6.45) is 2.12. The lowest BCUT2D eigenvalue weighted by atomic mass is 10.2. The monoisotopic (exact) mass is 420 g/mol. The van der Waals surface area contributed by atoms with Crippen LogP contribution in [0.25, 0.3) is 0 Å².